The van der Waals surface area contributed by atoms with Gasteiger partial charge in [-0.2, -0.15) is 0 Å². The molecule has 0 fully saturated rings. The van der Waals surface area contributed by atoms with Crippen LogP contribution in [-0.2, 0) is 4.57 Å². The summed E-state index contributed by atoms with van der Waals surface area (Å²) < 4.78 is 30.4. The van der Waals surface area contributed by atoms with Gasteiger partial charge >= 0.3 is 0 Å². The van der Waals surface area contributed by atoms with Crippen molar-refractivity contribution in [3.05, 3.63) is 182 Å². The van der Waals surface area contributed by atoms with Crippen LogP contribution in [0.1, 0.15) is 0 Å². The zero-order valence-electron chi connectivity index (χ0n) is 27.4. The third-order valence-corrected chi connectivity index (χ3v) is 13.0. The van der Waals surface area contributed by atoms with Gasteiger partial charge in [0.05, 0.1) is 11.0 Å². The van der Waals surface area contributed by atoms with Crippen LogP contribution in [0.25, 0.3) is 49.4 Å². The maximum absolute atomic E-state index is 15.4. The first-order valence-electron chi connectivity index (χ1n) is 17.0. The molecule has 1 aliphatic rings. The fourth-order valence-electron chi connectivity index (χ4n) is 7.41. The Morgan fingerprint density at radius 1 is 0.392 bits per heavy atom. The zero-order chi connectivity index (χ0) is 33.9. The van der Waals surface area contributed by atoms with Crippen LogP contribution in [-0.4, -0.2) is 4.57 Å². The number of nitrogens with zero attached hydrogens (tertiary/aromatic N) is 1. The number of rotatable bonds is 5. The highest BCUT2D eigenvalue weighted by atomic mass is 31.2. The van der Waals surface area contributed by atoms with Gasteiger partial charge in [0.1, 0.15) is 0 Å². The maximum atomic E-state index is 15.4. The molecule has 0 saturated carbocycles. The number of hydrogen-bond donors (Lipinski definition) is 0. The standard InChI is InChI=1S/C46H30NO3P/c48-51(36-16-6-2-7-17-36,37-18-8-3-9-19-37)38-22-24-40-39-23-20-33(26-41(39)47(42(40)30-38)35-14-4-1-5-15-35)34-21-25-43-44(29-34)50-46-28-32-13-11-10-12-31(32)27-45(46)49-43/h1-30H. The van der Waals surface area contributed by atoms with Gasteiger partial charge in [0.2, 0.25) is 0 Å². The normalized spacial score (nSPS) is 12.3. The van der Waals surface area contributed by atoms with Gasteiger partial charge in [0, 0.05) is 32.4 Å². The Morgan fingerprint density at radius 3 is 1.53 bits per heavy atom. The Bertz CT molecular complexity index is 2780. The fourth-order valence-corrected chi connectivity index (χ4v) is 10.1. The summed E-state index contributed by atoms with van der Waals surface area (Å²) in [6, 6.07) is 61.4. The maximum Gasteiger partial charge on any atom is 0.171 e. The van der Waals surface area contributed by atoms with Crippen molar-refractivity contribution >= 4 is 55.6 Å². The molecule has 10 rings (SSSR count). The van der Waals surface area contributed by atoms with Crippen LogP contribution in [0, 0.1) is 0 Å². The van der Waals surface area contributed by atoms with Crippen LogP contribution in [0.3, 0.4) is 0 Å². The smallest absolute Gasteiger partial charge is 0.171 e. The minimum Gasteiger partial charge on any atom is -0.449 e. The second-order valence-electron chi connectivity index (χ2n) is 12.9. The lowest BCUT2D eigenvalue weighted by atomic mass is 10.0. The van der Waals surface area contributed by atoms with E-state index in [-0.39, 0.29) is 0 Å². The Balaban J connectivity index is 1.13. The van der Waals surface area contributed by atoms with Crippen molar-refractivity contribution in [1.29, 1.82) is 0 Å². The monoisotopic (exact) mass is 675 g/mol. The Morgan fingerprint density at radius 2 is 0.882 bits per heavy atom. The van der Waals surface area contributed by atoms with Crippen molar-refractivity contribution in [3.8, 4) is 39.8 Å². The van der Waals surface area contributed by atoms with E-state index < -0.39 is 7.14 Å². The van der Waals surface area contributed by atoms with Crippen LogP contribution in [0.15, 0.2) is 182 Å². The van der Waals surface area contributed by atoms with Gasteiger partial charge in [-0.25, -0.2) is 0 Å². The summed E-state index contributed by atoms with van der Waals surface area (Å²) in [6.07, 6.45) is 0. The summed E-state index contributed by atoms with van der Waals surface area (Å²) in [5.41, 5.74) is 5.17. The molecule has 8 aromatic carbocycles. The molecule has 0 N–H and O–H groups in total. The van der Waals surface area contributed by atoms with E-state index in [0.717, 1.165) is 65.3 Å². The third kappa shape index (κ3) is 4.80. The quantitative estimate of drug-likeness (QED) is 0.171. The summed E-state index contributed by atoms with van der Waals surface area (Å²) in [5, 5.41) is 6.86. The van der Waals surface area contributed by atoms with Gasteiger partial charge in [-0.05, 0) is 70.4 Å². The zero-order valence-corrected chi connectivity index (χ0v) is 28.3. The molecular weight excluding hydrogens is 645 g/mol. The largest absolute Gasteiger partial charge is 0.449 e. The SMILES string of the molecule is O=P(c1ccccc1)(c1ccccc1)c1ccc2c3ccc(-c4ccc5c(c4)Oc4cc6ccccc6cc4O5)cc3n(-c3ccccc3)c2c1. The highest BCUT2D eigenvalue weighted by Gasteiger charge is 2.30. The van der Waals surface area contributed by atoms with Crippen LogP contribution in [0.2, 0.25) is 0 Å². The van der Waals surface area contributed by atoms with Gasteiger partial charge in [0.15, 0.2) is 30.1 Å². The van der Waals surface area contributed by atoms with E-state index in [1.165, 1.54) is 0 Å². The summed E-state index contributed by atoms with van der Waals surface area (Å²) >= 11 is 0. The fraction of sp³-hybridized carbons (Fsp3) is 0. The van der Waals surface area contributed by atoms with Crippen molar-refractivity contribution in [3.63, 3.8) is 0 Å². The third-order valence-electron chi connectivity index (χ3n) is 9.90. The molecule has 5 heteroatoms. The molecule has 0 bridgehead atoms. The summed E-state index contributed by atoms with van der Waals surface area (Å²) in [6.45, 7) is 0. The Labute approximate surface area is 295 Å². The summed E-state index contributed by atoms with van der Waals surface area (Å²) in [7, 11) is -3.18. The van der Waals surface area contributed by atoms with Crippen LogP contribution < -0.4 is 25.4 Å². The molecule has 242 valence electrons. The molecule has 1 aromatic heterocycles. The van der Waals surface area contributed by atoms with E-state index in [9.17, 15) is 0 Å². The minimum atomic E-state index is -3.18. The molecule has 0 saturated heterocycles. The highest BCUT2D eigenvalue weighted by molar-refractivity contribution is 7.85. The van der Waals surface area contributed by atoms with Crippen molar-refractivity contribution in [2.75, 3.05) is 0 Å². The molecule has 0 amide bonds. The average molecular weight is 676 g/mol. The molecule has 51 heavy (non-hydrogen) atoms. The van der Waals surface area contributed by atoms with E-state index in [0.29, 0.717) is 23.0 Å². The first-order valence-corrected chi connectivity index (χ1v) is 18.7. The number of para-hydroxylation sites is 1. The van der Waals surface area contributed by atoms with Crippen molar-refractivity contribution in [1.82, 2.24) is 4.57 Å². The predicted octanol–water partition coefficient (Wildman–Crippen LogP) is 11.1. The van der Waals surface area contributed by atoms with Crippen LogP contribution >= 0.6 is 7.14 Å². The lowest BCUT2D eigenvalue weighted by Gasteiger charge is -2.22. The van der Waals surface area contributed by atoms with Gasteiger partial charge in [-0.3, -0.25) is 0 Å². The Hall–Kier alpha value is -6.35. The molecule has 9 aromatic rings. The highest BCUT2D eigenvalue weighted by Crippen LogP contribution is 2.49. The number of fused-ring (bicyclic) bond motifs is 6. The number of benzene rings is 8. The first kappa shape index (κ1) is 29.6. The molecule has 2 heterocycles. The molecule has 0 spiro atoms. The molecule has 0 radical (unpaired) electrons. The van der Waals surface area contributed by atoms with E-state index in [2.05, 4.69) is 83.4 Å². The predicted molar refractivity (Wildman–Crippen MR) is 210 cm³/mol. The first-order chi connectivity index (χ1) is 25.1. The summed E-state index contributed by atoms with van der Waals surface area (Å²) in [5.74, 6) is 2.79. The number of aromatic nitrogens is 1. The second-order valence-corrected chi connectivity index (χ2v) is 15.7. The Kier molecular flexibility index (Phi) is 6.74. The van der Waals surface area contributed by atoms with E-state index in [1.54, 1.807) is 0 Å². The van der Waals surface area contributed by atoms with Crippen molar-refractivity contribution in [2.24, 2.45) is 0 Å². The lowest BCUT2D eigenvalue weighted by Crippen LogP contribution is -2.25. The second kappa shape index (κ2) is 11.6. The molecule has 0 atom stereocenters. The van der Waals surface area contributed by atoms with Crippen molar-refractivity contribution in [2.45, 2.75) is 0 Å². The number of hydrogen-bond acceptors (Lipinski definition) is 3. The van der Waals surface area contributed by atoms with Gasteiger partial charge < -0.3 is 18.6 Å². The summed E-state index contributed by atoms with van der Waals surface area (Å²) in [4.78, 5) is 0. The van der Waals surface area contributed by atoms with Crippen LogP contribution in [0.5, 0.6) is 23.0 Å². The molecule has 4 nitrogen and oxygen atoms in total. The molecule has 1 aliphatic heterocycles. The van der Waals surface area contributed by atoms with Crippen molar-refractivity contribution < 1.29 is 14.0 Å². The minimum absolute atomic E-state index is 0.682. The van der Waals surface area contributed by atoms with E-state index in [4.69, 9.17) is 9.47 Å². The van der Waals surface area contributed by atoms with Crippen LogP contribution in [0.4, 0.5) is 0 Å². The molecule has 0 aliphatic carbocycles. The molecular formula is C46H30NO3P. The van der Waals surface area contributed by atoms with Gasteiger partial charge in [-0.1, -0.05) is 133 Å². The van der Waals surface area contributed by atoms with Gasteiger partial charge in [-0.15, -0.1) is 0 Å². The van der Waals surface area contributed by atoms with E-state index >= 15 is 4.57 Å². The number of ether oxygens (including phenoxy) is 2. The topological polar surface area (TPSA) is 40.5 Å². The lowest BCUT2D eigenvalue weighted by molar-refractivity contribution is 0.360. The molecule has 0 unspecified atom stereocenters. The average Bonchev–Trinajstić information content (AvgIpc) is 3.52. The van der Waals surface area contributed by atoms with E-state index in [1.807, 2.05) is 103 Å². The van der Waals surface area contributed by atoms with Gasteiger partial charge in [0.25, 0.3) is 0 Å².